The molecule has 0 heterocycles. The molecule has 0 aliphatic heterocycles. The molecule has 0 saturated heterocycles. The van der Waals surface area contributed by atoms with Gasteiger partial charge in [-0.1, -0.05) is 5.16 Å². The van der Waals surface area contributed by atoms with E-state index in [-0.39, 0.29) is 0 Å². The maximum atomic E-state index is 9.23. The third-order valence-corrected chi connectivity index (χ3v) is 4.27. The molecular weight excluding hydrogens is 200 g/mol. The van der Waals surface area contributed by atoms with Crippen LogP contribution in [0, 0.1) is 11.8 Å². The van der Waals surface area contributed by atoms with E-state index in [0.29, 0.717) is 24.0 Å². The lowest BCUT2D eigenvalue weighted by Gasteiger charge is -2.40. The van der Waals surface area contributed by atoms with E-state index in [4.69, 9.17) is 0 Å². The van der Waals surface area contributed by atoms with Crippen molar-refractivity contribution in [1.29, 1.82) is 0 Å². The summed E-state index contributed by atoms with van der Waals surface area (Å²) in [5, 5.41) is 12.8. The van der Waals surface area contributed by atoms with E-state index in [1.54, 1.807) is 0 Å². The Labute approximate surface area is 98.5 Å². The van der Waals surface area contributed by atoms with E-state index in [2.05, 4.69) is 37.8 Å². The first kappa shape index (κ1) is 11.9. The monoisotopic (exact) mass is 224 g/mol. The summed E-state index contributed by atoms with van der Waals surface area (Å²) in [6, 6.07) is 1.42. The molecule has 0 amide bonds. The first-order valence-electron chi connectivity index (χ1n) is 6.55. The van der Waals surface area contributed by atoms with Crippen LogP contribution < -0.4 is 0 Å². The topological polar surface area (TPSA) is 35.8 Å². The minimum Gasteiger partial charge on any atom is -0.411 e. The van der Waals surface area contributed by atoms with Gasteiger partial charge in [-0.05, 0) is 52.9 Å². The van der Waals surface area contributed by atoms with Gasteiger partial charge in [-0.25, -0.2) is 0 Å². The summed E-state index contributed by atoms with van der Waals surface area (Å²) in [7, 11) is 0. The van der Waals surface area contributed by atoms with E-state index in [1.807, 2.05) is 0 Å². The zero-order valence-corrected chi connectivity index (χ0v) is 10.8. The van der Waals surface area contributed by atoms with Crippen LogP contribution in [0.3, 0.4) is 0 Å². The summed E-state index contributed by atoms with van der Waals surface area (Å²) in [4.78, 5) is 2.51. The molecule has 2 saturated carbocycles. The second kappa shape index (κ2) is 4.36. The average Bonchev–Trinajstić information content (AvgIpc) is 2.76. The minimum atomic E-state index is 0.392. The SMILES string of the molecule is CC(C)N(C(C)C)[C@@H]1/C(=N/O)[C@H]2CC[C@@H]1C2. The molecule has 92 valence electrons. The summed E-state index contributed by atoms with van der Waals surface area (Å²) < 4.78 is 0. The van der Waals surface area contributed by atoms with Crippen molar-refractivity contribution in [2.75, 3.05) is 0 Å². The Balaban J connectivity index is 2.24. The molecule has 2 bridgehead atoms. The lowest BCUT2D eigenvalue weighted by molar-refractivity contribution is 0.115. The maximum Gasteiger partial charge on any atom is 0.0775 e. The van der Waals surface area contributed by atoms with Crippen molar-refractivity contribution in [2.24, 2.45) is 17.0 Å². The number of nitrogens with zero attached hydrogens (tertiary/aromatic N) is 2. The van der Waals surface area contributed by atoms with Crippen LogP contribution in [0.25, 0.3) is 0 Å². The van der Waals surface area contributed by atoms with Crippen molar-refractivity contribution >= 4 is 5.71 Å². The van der Waals surface area contributed by atoms with Crippen molar-refractivity contribution in [3.05, 3.63) is 0 Å². The molecule has 16 heavy (non-hydrogen) atoms. The molecule has 2 aliphatic rings. The fourth-order valence-corrected chi connectivity index (χ4v) is 3.83. The van der Waals surface area contributed by atoms with E-state index in [1.165, 1.54) is 19.3 Å². The van der Waals surface area contributed by atoms with E-state index in [9.17, 15) is 5.21 Å². The van der Waals surface area contributed by atoms with Gasteiger partial charge < -0.3 is 5.21 Å². The van der Waals surface area contributed by atoms with Crippen LogP contribution in [0.1, 0.15) is 47.0 Å². The quantitative estimate of drug-likeness (QED) is 0.591. The van der Waals surface area contributed by atoms with Crippen LogP contribution in [0.5, 0.6) is 0 Å². The molecule has 0 unspecified atom stereocenters. The summed E-state index contributed by atoms with van der Waals surface area (Å²) in [6.45, 7) is 8.95. The van der Waals surface area contributed by atoms with Crippen LogP contribution in [-0.4, -0.2) is 33.9 Å². The van der Waals surface area contributed by atoms with Gasteiger partial charge in [0.1, 0.15) is 0 Å². The Morgan fingerprint density at radius 2 is 1.81 bits per heavy atom. The second-order valence-corrected chi connectivity index (χ2v) is 5.87. The van der Waals surface area contributed by atoms with Crippen LogP contribution in [0.2, 0.25) is 0 Å². The van der Waals surface area contributed by atoms with Crippen LogP contribution in [-0.2, 0) is 0 Å². The molecule has 3 nitrogen and oxygen atoms in total. The van der Waals surface area contributed by atoms with Gasteiger partial charge in [-0.2, -0.15) is 0 Å². The molecule has 3 atom stereocenters. The van der Waals surface area contributed by atoms with Crippen LogP contribution in [0.15, 0.2) is 5.16 Å². The molecule has 2 rings (SSSR count). The van der Waals surface area contributed by atoms with E-state index < -0.39 is 0 Å². The molecule has 1 N–H and O–H groups in total. The minimum absolute atomic E-state index is 0.392. The van der Waals surface area contributed by atoms with Crippen molar-refractivity contribution in [3.8, 4) is 0 Å². The number of rotatable bonds is 3. The van der Waals surface area contributed by atoms with Crippen LogP contribution in [0.4, 0.5) is 0 Å². The number of hydrogen-bond acceptors (Lipinski definition) is 3. The standard InChI is InChI=1S/C13H24N2O/c1-8(2)15(9(3)4)13-11-6-5-10(7-11)12(13)14-16/h8-11,13,16H,5-7H2,1-4H3/b14-12+/t10-,11+,13-/m0/s1. The highest BCUT2D eigenvalue weighted by atomic mass is 16.4. The van der Waals surface area contributed by atoms with Crippen molar-refractivity contribution in [3.63, 3.8) is 0 Å². The van der Waals surface area contributed by atoms with Crippen molar-refractivity contribution in [2.45, 2.75) is 65.1 Å². The van der Waals surface area contributed by atoms with E-state index in [0.717, 1.165) is 11.6 Å². The van der Waals surface area contributed by atoms with Gasteiger partial charge in [0.15, 0.2) is 0 Å². The molecule has 2 fully saturated rings. The predicted octanol–water partition coefficient (Wildman–Crippen LogP) is 2.73. The van der Waals surface area contributed by atoms with Gasteiger partial charge in [0.2, 0.25) is 0 Å². The Morgan fingerprint density at radius 3 is 2.31 bits per heavy atom. The number of oxime groups is 1. The normalized spacial score (nSPS) is 36.2. The second-order valence-electron chi connectivity index (χ2n) is 5.87. The Bertz CT molecular complexity index is 278. The Kier molecular flexibility index (Phi) is 3.24. The predicted molar refractivity (Wildman–Crippen MR) is 66.0 cm³/mol. The molecule has 0 aromatic rings. The maximum absolute atomic E-state index is 9.23. The van der Waals surface area contributed by atoms with Gasteiger partial charge >= 0.3 is 0 Å². The largest absolute Gasteiger partial charge is 0.411 e. The van der Waals surface area contributed by atoms with Gasteiger partial charge in [0, 0.05) is 18.0 Å². The zero-order valence-electron chi connectivity index (χ0n) is 10.8. The first-order chi connectivity index (χ1) is 7.56. The first-order valence-corrected chi connectivity index (χ1v) is 6.55. The highest BCUT2D eigenvalue weighted by Crippen LogP contribution is 2.45. The molecule has 0 aromatic carbocycles. The fourth-order valence-electron chi connectivity index (χ4n) is 3.83. The Hall–Kier alpha value is -0.570. The van der Waals surface area contributed by atoms with Gasteiger partial charge in [0.25, 0.3) is 0 Å². The fraction of sp³-hybridized carbons (Fsp3) is 0.923. The summed E-state index contributed by atoms with van der Waals surface area (Å²) in [6.07, 6.45) is 3.77. The van der Waals surface area contributed by atoms with Crippen LogP contribution >= 0.6 is 0 Å². The molecule has 0 radical (unpaired) electrons. The third kappa shape index (κ3) is 1.75. The average molecular weight is 224 g/mol. The number of fused-ring (bicyclic) bond motifs is 2. The highest BCUT2D eigenvalue weighted by Gasteiger charge is 2.48. The molecule has 2 aliphatic carbocycles. The lowest BCUT2D eigenvalue weighted by atomic mass is 9.90. The zero-order chi connectivity index (χ0) is 11.9. The van der Waals surface area contributed by atoms with E-state index >= 15 is 0 Å². The molecule has 3 heteroatoms. The smallest absolute Gasteiger partial charge is 0.0775 e. The highest BCUT2D eigenvalue weighted by molar-refractivity contribution is 5.94. The van der Waals surface area contributed by atoms with Gasteiger partial charge in [-0.3, -0.25) is 4.90 Å². The summed E-state index contributed by atoms with van der Waals surface area (Å²) in [5.74, 6) is 1.28. The van der Waals surface area contributed by atoms with Gasteiger partial charge in [0.05, 0.1) is 11.8 Å². The Morgan fingerprint density at radius 1 is 1.19 bits per heavy atom. The van der Waals surface area contributed by atoms with Crippen molar-refractivity contribution in [1.82, 2.24) is 4.90 Å². The number of hydrogen-bond donors (Lipinski definition) is 1. The summed E-state index contributed by atoms with van der Waals surface area (Å²) >= 11 is 0. The third-order valence-electron chi connectivity index (χ3n) is 4.27. The molecular formula is C13H24N2O. The van der Waals surface area contributed by atoms with Gasteiger partial charge in [-0.15, -0.1) is 0 Å². The van der Waals surface area contributed by atoms with Crippen molar-refractivity contribution < 1.29 is 5.21 Å². The lowest BCUT2D eigenvalue weighted by Crippen LogP contribution is -2.51. The molecule has 0 aromatic heterocycles. The molecule has 0 spiro atoms. The summed E-state index contributed by atoms with van der Waals surface area (Å²) in [5.41, 5.74) is 1.05.